The van der Waals surface area contributed by atoms with Crippen molar-refractivity contribution in [1.82, 2.24) is 0 Å². The molecule has 0 saturated carbocycles. The Balaban J connectivity index is 1.67. The van der Waals surface area contributed by atoms with Gasteiger partial charge in [-0.3, -0.25) is 0 Å². The largest absolute Gasteiger partial charge is 0.0984 e. The molecule has 0 aliphatic rings. The number of hydrogen-bond acceptors (Lipinski definition) is 0. The van der Waals surface area contributed by atoms with Gasteiger partial charge in [0.25, 0.3) is 0 Å². The standard InChI is InChI=1S/C44H34/c1-7-30-18-16-22-40(35(30)8-2)44-38(11-5)37(10-4)43(41-20-14-15-21-42(41)44)33-26-24-31-23-25-32(27-34(31)28-33)36(9-3)39-19-13-12-17-29(39)6/h7-28H,1-6H2/b39-36+. The molecule has 0 aliphatic carbocycles. The van der Waals surface area contributed by atoms with E-state index in [1.165, 1.54) is 5.39 Å². The van der Waals surface area contributed by atoms with Crippen molar-refractivity contribution in [3.05, 3.63) is 180 Å². The molecule has 0 spiro atoms. The summed E-state index contributed by atoms with van der Waals surface area (Å²) in [4.78, 5) is 0. The molecule has 0 unspecified atom stereocenters. The molecule has 0 radical (unpaired) electrons. The zero-order chi connectivity index (χ0) is 30.8. The van der Waals surface area contributed by atoms with Crippen molar-refractivity contribution >= 4 is 58.0 Å². The van der Waals surface area contributed by atoms with Crippen LogP contribution in [-0.4, -0.2) is 0 Å². The van der Waals surface area contributed by atoms with Crippen LogP contribution in [-0.2, 0) is 0 Å². The molecule has 0 N–H and O–H groups in total. The quantitative estimate of drug-likeness (QED) is 0.173. The number of benzene rings is 6. The molecule has 44 heavy (non-hydrogen) atoms. The number of allylic oxidation sites excluding steroid dienone is 1. The minimum absolute atomic E-state index is 0.980. The number of rotatable bonds is 8. The van der Waals surface area contributed by atoms with Gasteiger partial charge in [0, 0.05) is 0 Å². The Morgan fingerprint density at radius 3 is 1.86 bits per heavy atom. The van der Waals surface area contributed by atoms with E-state index in [1.807, 2.05) is 48.6 Å². The lowest BCUT2D eigenvalue weighted by molar-refractivity contribution is 1.49. The van der Waals surface area contributed by atoms with Gasteiger partial charge < -0.3 is 0 Å². The summed E-state index contributed by atoms with van der Waals surface area (Å²) in [7, 11) is 0. The maximum atomic E-state index is 4.29. The van der Waals surface area contributed by atoms with Crippen LogP contribution < -0.4 is 10.4 Å². The second-order valence-electron chi connectivity index (χ2n) is 10.8. The van der Waals surface area contributed by atoms with Crippen LogP contribution in [0, 0.1) is 0 Å². The molecule has 210 valence electrons. The third-order valence-corrected chi connectivity index (χ3v) is 8.49. The Kier molecular flexibility index (Phi) is 7.67. The summed E-state index contributed by atoms with van der Waals surface area (Å²) in [6, 6.07) is 36.4. The van der Waals surface area contributed by atoms with Crippen LogP contribution in [0.1, 0.15) is 27.8 Å². The molecule has 6 aromatic rings. The SMILES string of the molecule is C=C/C(c1ccc2ccc(-c3c(C=C)c(C=C)c(-c4cccc(C=C)c4C=C)c4ccccc34)cc2c1)=c1/ccccc1=C. The molecule has 0 atom stereocenters. The zero-order valence-electron chi connectivity index (χ0n) is 24.9. The van der Waals surface area contributed by atoms with E-state index in [9.17, 15) is 0 Å². The Labute approximate surface area is 260 Å². The highest BCUT2D eigenvalue weighted by atomic mass is 14.2. The highest BCUT2D eigenvalue weighted by Gasteiger charge is 2.20. The van der Waals surface area contributed by atoms with Crippen molar-refractivity contribution in [2.24, 2.45) is 0 Å². The first-order valence-corrected chi connectivity index (χ1v) is 14.7. The lowest BCUT2D eigenvalue weighted by atomic mass is 9.81. The van der Waals surface area contributed by atoms with Gasteiger partial charge in [-0.25, -0.2) is 0 Å². The molecule has 0 aliphatic heterocycles. The Hall–Kier alpha value is -5.72. The third kappa shape index (κ3) is 4.68. The van der Waals surface area contributed by atoms with Crippen LogP contribution in [0.5, 0.6) is 0 Å². The maximum Gasteiger partial charge on any atom is -0.00204 e. The summed E-state index contributed by atoms with van der Waals surface area (Å²) < 4.78 is 0. The Bertz CT molecular complexity index is 2270. The van der Waals surface area contributed by atoms with E-state index in [-0.39, 0.29) is 0 Å². The van der Waals surface area contributed by atoms with Crippen LogP contribution in [0.3, 0.4) is 0 Å². The first kappa shape index (κ1) is 28.4. The van der Waals surface area contributed by atoms with Crippen LogP contribution in [0.4, 0.5) is 0 Å². The van der Waals surface area contributed by atoms with Crippen molar-refractivity contribution in [1.29, 1.82) is 0 Å². The highest BCUT2D eigenvalue weighted by Crippen LogP contribution is 2.45. The molecule has 0 heteroatoms. The summed E-state index contributed by atoms with van der Waals surface area (Å²) in [5.41, 5.74) is 10.8. The number of fused-ring (bicyclic) bond motifs is 2. The van der Waals surface area contributed by atoms with Gasteiger partial charge in [0.2, 0.25) is 0 Å². The Morgan fingerprint density at radius 1 is 0.523 bits per heavy atom. The molecule has 0 aromatic heterocycles. The highest BCUT2D eigenvalue weighted by molar-refractivity contribution is 6.13. The summed E-state index contributed by atoms with van der Waals surface area (Å²) in [5, 5.41) is 6.69. The van der Waals surface area contributed by atoms with Crippen molar-refractivity contribution in [2.75, 3.05) is 0 Å². The zero-order valence-corrected chi connectivity index (χ0v) is 24.9. The average Bonchev–Trinajstić information content (AvgIpc) is 3.07. The van der Waals surface area contributed by atoms with Gasteiger partial charge >= 0.3 is 0 Å². The van der Waals surface area contributed by atoms with Crippen molar-refractivity contribution in [3.63, 3.8) is 0 Å². The average molecular weight is 563 g/mol. The summed E-state index contributed by atoms with van der Waals surface area (Å²) >= 11 is 0. The summed E-state index contributed by atoms with van der Waals surface area (Å²) in [5.74, 6) is 0. The molecule has 0 fully saturated rings. The van der Waals surface area contributed by atoms with E-state index < -0.39 is 0 Å². The first-order valence-electron chi connectivity index (χ1n) is 14.7. The minimum atomic E-state index is 0.980. The van der Waals surface area contributed by atoms with E-state index in [0.29, 0.717) is 0 Å². The summed E-state index contributed by atoms with van der Waals surface area (Å²) in [6.07, 6.45) is 9.64. The minimum Gasteiger partial charge on any atom is -0.0984 e. The van der Waals surface area contributed by atoms with Gasteiger partial charge in [0.05, 0.1) is 0 Å². The van der Waals surface area contributed by atoms with Crippen molar-refractivity contribution in [2.45, 2.75) is 0 Å². The molecule has 0 bridgehead atoms. The third-order valence-electron chi connectivity index (χ3n) is 8.49. The molecule has 6 rings (SSSR count). The number of hydrogen-bond donors (Lipinski definition) is 0. The Morgan fingerprint density at radius 2 is 1.18 bits per heavy atom. The van der Waals surface area contributed by atoms with Crippen LogP contribution >= 0.6 is 0 Å². The van der Waals surface area contributed by atoms with Gasteiger partial charge in [0.1, 0.15) is 0 Å². The van der Waals surface area contributed by atoms with Gasteiger partial charge in [-0.05, 0) is 99.8 Å². The second-order valence-corrected chi connectivity index (χ2v) is 10.8. The first-order chi connectivity index (χ1) is 21.5. The molecular weight excluding hydrogens is 528 g/mol. The monoisotopic (exact) mass is 562 g/mol. The van der Waals surface area contributed by atoms with E-state index in [2.05, 4.69) is 124 Å². The molecule has 6 aromatic carbocycles. The molecular formula is C44H34. The van der Waals surface area contributed by atoms with Crippen LogP contribution in [0.15, 0.2) is 142 Å². The predicted octanol–water partition coefficient (Wildman–Crippen LogP) is 10.7. The molecule has 0 nitrogen and oxygen atoms in total. The maximum absolute atomic E-state index is 4.29. The molecule has 0 heterocycles. The van der Waals surface area contributed by atoms with E-state index >= 15 is 0 Å². The van der Waals surface area contributed by atoms with Gasteiger partial charge in [0.15, 0.2) is 0 Å². The molecule has 0 amide bonds. The second kappa shape index (κ2) is 11.9. The van der Waals surface area contributed by atoms with E-state index in [4.69, 9.17) is 0 Å². The van der Waals surface area contributed by atoms with Gasteiger partial charge in [-0.2, -0.15) is 0 Å². The fourth-order valence-electron chi connectivity index (χ4n) is 6.45. The van der Waals surface area contributed by atoms with Gasteiger partial charge in [-0.15, -0.1) is 0 Å². The van der Waals surface area contributed by atoms with E-state index in [1.54, 1.807) is 0 Å². The van der Waals surface area contributed by atoms with Gasteiger partial charge in [-0.1, -0.05) is 161 Å². The fourth-order valence-corrected chi connectivity index (χ4v) is 6.45. The summed E-state index contributed by atoms with van der Waals surface area (Å²) in [6.45, 7) is 25.1. The van der Waals surface area contributed by atoms with Crippen molar-refractivity contribution < 1.29 is 0 Å². The molecule has 0 saturated heterocycles. The van der Waals surface area contributed by atoms with Crippen LogP contribution in [0.2, 0.25) is 0 Å². The van der Waals surface area contributed by atoms with Crippen LogP contribution in [0.25, 0.3) is 80.3 Å². The lowest BCUT2D eigenvalue weighted by Crippen LogP contribution is -2.24. The van der Waals surface area contributed by atoms with Crippen molar-refractivity contribution in [3.8, 4) is 22.3 Å². The predicted molar refractivity (Wildman–Crippen MR) is 197 cm³/mol. The smallest absolute Gasteiger partial charge is 0.00204 e. The van der Waals surface area contributed by atoms with E-state index in [0.717, 1.165) is 82.2 Å². The lowest BCUT2D eigenvalue weighted by Gasteiger charge is -2.22. The fraction of sp³-hybridized carbons (Fsp3) is 0. The topological polar surface area (TPSA) is 0 Å². The normalized spacial score (nSPS) is 11.6.